The minimum Gasteiger partial charge on any atom is -0.122 e. The zero-order valence-electron chi connectivity index (χ0n) is 10.9. The molecule has 1 aromatic rings. The maximum atomic E-state index is 6.15. The van der Waals surface area contributed by atoms with Crippen LogP contribution in [0.25, 0.3) is 6.08 Å². The van der Waals surface area contributed by atoms with Gasteiger partial charge in [-0.1, -0.05) is 59.0 Å². The van der Waals surface area contributed by atoms with Crippen LogP contribution in [0.4, 0.5) is 0 Å². The van der Waals surface area contributed by atoms with E-state index in [0.717, 1.165) is 0 Å². The van der Waals surface area contributed by atoms with Crippen molar-refractivity contribution < 1.29 is 0 Å². The fourth-order valence-electron chi connectivity index (χ4n) is 2.69. The molecule has 0 nitrogen and oxygen atoms in total. The van der Waals surface area contributed by atoms with Gasteiger partial charge in [0, 0.05) is 10.4 Å². The Bertz CT molecular complexity index is 431. The average Bonchev–Trinajstić information content (AvgIpc) is 2.39. The molecule has 1 aromatic carbocycles. The van der Waals surface area contributed by atoms with Gasteiger partial charge in [-0.15, -0.1) is 11.6 Å². The number of benzene rings is 1. The fraction of sp³-hybridized carbons (Fsp3) is 0.500. The molecule has 0 bridgehead atoms. The zero-order valence-corrected chi connectivity index (χ0v) is 13.2. The third kappa shape index (κ3) is 3.61. The molecule has 1 fully saturated rings. The van der Waals surface area contributed by atoms with Gasteiger partial charge in [0.1, 0.15) is 0 Å². The summed E-state index contributed by atoms with van der Waals surface area (Å²) in [4.78, 5) is 0. The molecular formula is C16H20BrCl. The van der Waals surface area contributed by atoms with Crippen LogP contribution in [0.5, 0.6) is 0 Å². The van der Waals surface area contributed by atoms with E-state index in [0.29, 0.717) is 11.8 Å². The van der Waals surface area contributed by atoms with Crippen molar-refractivity contribution in [1.29, 1.82) is 0 Å². The van der Waals surface area contributed by atoms with Gasteiger partial charge in [0.2, 0.25) is 0 Å². The molecule has 0 radical (unpaired) electrons. The Balaban J connectivity index is 2.22. The van der Waals surface area contributed by atoms with Crippen LogP contribution in [0.15, 0.2) is 28.2 Å². The molecule has 0 aliphatic heterocycles. The summed E-state index contributed by atoms with van der Waals surface area (Å²) in [5.41, 5.74) is 3.94. The number of aryl methyl sites for hydroxylation is 1. The molecule has 0 atom stereocenters. The van der Waals surface area contributed by atoms with Crippen LogP contribution in [0.3, 0.4) is 0 Å². The highest BCUT2D eigenvalue weighted by Gasteiger charge is 2.17. The van der Waals surface area contributed by atoms with Crippen molar-refractivity contribution in [2.45, 2.75) is 39.0 Å². The highest BCUT2D eigenvalue weighted by molar-refractivity contribution is 9.10. The Morgan fingerprint density at radius 3 is 2.67 bits per heavy atom. The van der Waals surface area contributed by atoms with E-state index in [2.05, 4.69) is 47.1 Å². The van der Waals surface area contributed by atoms with Crippen LogP contribution in [-0.2, 0) is 0 Å². The number of alkyl halides is 1. The van der Waals surface area contributed by atoms with Gasteiger partial charge in [0.25, 0.3) is 0 Å². The molecule has 2 rings (SSSR count). The predicted molar refractivity (Wildman–Crippen MR) is 84.2 cm³/mol. The molecule has 0 saturated heterocycles. The summed E-state index contributed by atoms with van der Waals surface area (Å²) in [6, 6.07) is 6.50. The van der Waals surface area contributed by atoms with Crippen LogP contribution in [0.1, 0.15) is 43.2 Å². The van der Waals surface area contributed by atoms with Crippen molar-refractivity contribution in [2.75, 3.05) is 5.88 Å². The first-order valence-electron chi connectivity index (χ1n) is 6.73. The molecule has 98 valence electrons. The van der Waals surface area contributed by atoms with Gasteiger partial charge in [0.05, 0.1) is 0 Å². The summed E-state index contributed by atoms with van der Waals surface area (Å²) in [7, 11) is 0. The van der Waals surface area contributed by atoms with Crippen LogP contribution in [0.2, 0.25) is 0 Å². The second kappa shape index (κ2) is 6.77. The molecule has 0 N–H and O–H groups in total. The second-order valence-electron chi connectivity index (χ2n) is 5.21. The predicted octanol–water partition coefficient (Wildman–Crippen LogP) is 5.96. The van der Waals surface area contributed by atoms with Crippen molar-refractivity contribution in [2.24, 2.45) is 5.92 Å². The molecule has 0 spiro atoms. The van der Waals surface area contributed by atoms with Gasteiger partial charge in [-0.25, -0.2) is 0 Å². The van der Waals surface area contributed by atoms with E-state index in [1.807, 2.05) is 0 Å². The first kappa shape index (κ1) is 14.1. The van der Waals surface area contributed by atoms with E-state index in [1.54, 1.807) is 0 Å². The number of allylic oxidation sites excluding steroid dienone is 1. The maximum Gasteiger partial charge on any atom is 0.0439 e. The summed E-state index contributed by atoms with van der Waals surface area (Å²) in [6.45, 7) is 2.11. The smallest absolute Gasteiger partial charge is 0.0439 e. The van der Waals surface area contributed by atoms with E-state index in [1.165, 1.54) is 53.3 Å². The van der Waals surface area contributed by atoms with E-state index in [-0.39, 0.29) is 0 Å². The van der Waals surface area contributed by atoms with E-state index in [9.17, 15) is 0 Å². The fourth-order valence-corrected chi connectivity index (χ4v) is 3.59. The van der Waals surface area contributed by atoms with Crippen molar-refractivity contribution in [3.63, 3.8) is 0 Å². The summed E-state index contributed by atoms with van der Waals surface area (Å²) >= 11 is 9.79. The molecule has 1 aliphatic carbocycles. The van der Waals surface area contributed by atoms with Crippen LogP contribution >= 0.6 is 27.5 Å². The third-order valence-electron chi connectivity index (χ3n) is 3.78. The number of rotatable bonds is 3. The molecular weight excluding hydrogens is 308 g/mol. The topological polar surface area (TPSA) is 0 Å². The highest BCUT2D eigenvalue weighted by Crippen LogP contribution is 2.32. The minimum absolute atomic E-state index is 0.658. The molecule has 0 amide bonds. The Hall–Kier alpha value is -0.270. The van der Waals surface area contributed by atoms with Crippen LogP contribution in [-0.4, -0.2) is 5.88 Å². The number of hydrogen-bond acceptors (Lipinski definition) is 0. The molecule has 0 unspecified atom stereocenters. The van der Waals surface area contributed by atoms with E-state index < -0.39 is 0 Å². The lowest BCUT2D eigenvalue weighted by Gasteiger charge is -2.23. The summed E-state index contributed by atoms with van der Waals surface area (Å²) in [6.07, 6.45) is 9.00. The van der Waals surface area contributed by atoms with E-state index in [4.69, 9.17) is 11.6 Å². The van der Waals surface area contributed by atoms with Gasteiger partial charge < -0.3 is 0 Å². The molecule has 2 heteroatoms. The SMILES string of the molecule is Cc1ccc(/C=C(/CCl)C2CCCCC2)c(Br)c1. The normalized spacial score (nSPS) is 18.1. The van der Waals surface area contributed by atoms with Crippen LogP contribution < -0.4 is 0 Å². The lowest BCUT2D eigenvalue weighted by Crippen LogP contribution is -2.10. The third-order valence-corrected chi connectivity index (χ3v) is 4.78. The quantitative estimate of drug-likeness (QED) is 0.601. The molecule has 0 aromatic heterocycles. The van der Waals surface area contributed by atoms with Gasteiger partial charge in [-0.2, -0.15) is 0 Å². The second-order valence-corrected chi connectivity index (χ2v) is 6.33. The minimum atomic E-state index is 0.658. The zero-order chi connectivity index (χ0) is 13.0. The summed E-state index contributed by atoms with van der Waals surface area (Å²) < 4.78 is 1.17. The Kier molecular flexibility index (Phi) is 5.32. The van der Waals surface area contributed by atoms with Crippen molar-refractivity contribution in [1.82, 2.24) is 0 Å². The molecule has 18 heavy (non-hydrogen) atoms. The lowest BCUT2D eigenvalue weighted by molar-refractivity contribution is 0.405. The molecule has 1 saturated carbocycles. The summed E-state index contributed by atoms with van der Waals surface area (Å²) in [5.74, 6) is 1.36. The lowest BCUT2D eigenvalue weighted by atomic mass is 9.83. The van der Waals surface area contributed by atoms with Crippen LogP contribution in [0, 0.1) is 12.8 Å². The Morgan fingerprint density at radius 1 is 1.33 bits per heavy atom. The number of halogens is 2. The van der Waals surface area contributed by atoms with Gasteiger partial charge in [-0.3, -0.25) is 0 Å². The van der Waals surface area contributed by atoms with Crippen molar-refractivity contribution in [3.8, 4) is 0 Å². The monoisotopic (exact) mass is 326 g/mol. The van der Waals surface area contributed by atoms with Gasteiger partial charge >= 0.3 is 0 Å². The van der Waals surface area contributed by atoms with Crippen molar-refractivity contribution in [3.05, 3.63) is 39.4 Å². The standard InChI is InChI=1S/C16H20BrCl/c1-12-7-8-14(16(17)9-12)10-15(11-18)13-5-3-2-4-6-13/h7-10,13H,2-6,11H2,1H3/b15-10-. The van der Waals surface area contributed by atoms with Gasteiger partial charge in [0.15, 0.2) is 0 Å². The maximum absolute atomic E-state index is 6.15. The first-order chi connectivity index (χ1) is 8.70. The highest BCUT2D eigenvalue weighted by atomic mass is 79.9. The molecule has 1 aliphatic rings. The largest absolute Gasteiger partial charge is 0.122 e. The average molecular weight is 328 g/mol. The Labute approximate surface area is 124 Å². The van der Waals surface area contributed by atoms with Crippen molar-refractivity contribution >= 4 is 33.6 Å². The van der Waals surface area contributed by atoms with Gasteiger partial charge in [-0.05, 0) is 42.9 Å². The Morgan fingerprint density at radius 2 is 2.06 bits per heavy atom. The molecule has 0 heterocycles. The van der Waals surface area contributed by atoms with E-state index >= 15 is 0 Å². The first-order valence-corrected chi connectivity index (χ1v) is 8.06. The summed E-state index contributed by atoms with van der Waals surface area (Å²) in [5, 5.41) is 0. The number of hydrogen-bond donors (Lipinski definition) is 0.